The summed E-state index contributed by atoms with van der Waals surface area (Å²) in [6, 6.07) is 18.1. The van der Waals surface area contributed by atoms with Crippen molar-refractivity contribution in [2.24, 2.45) is 11.8 Å². The van der Waals surface area contributed by atoms with Crippen LogP contribution in [0, 0.1) is 11.8 Å². The van der Waals surface area contributed by atoms with Crippen LogP contribution in [-0.2, 0) is 32.0 Å². The third kappa shape index (κ3) is 10.0. The Balaban J connectivity index is 1.30. The zero-order chi connectivity index (χ0) is 38.5. The number of halogens is 3. The summed E-state index contributed by atoms with van der Waals surface area (Å²) in [5.74, 6) is -3.40. The maximum absolute atomic E-state index is 14.3. The molecule has 0 spiro atoms. The van der Waals surface area contributed by atoms with Crippen molar-refractivity contribution in [2.75, 3.05) is 36.5 Å². The summed E-state index contributed by atoms with van der Waals surface area (Å²) >= 11 is 0. The van der Waals surface area contributed by atoms with Gasteiger partial charge in [-0.25, -0.2) is 9.78 Å². The van der Waals surface area contributed by atoms with E-state index in [4.69, 9.17) is 19.2 Å². The van der Waals surface area contributed by atoms with Gasteiger partial charge in [-0.1, -0.05) is 48.5 Å². The zero-order valence-corrected chi connectivity index (χ0v) is 30.4. The molecule has 2 aliphatic heterocycles. The van der Waals surface area contributed by atoms with Gasteiger partial charge in [0.15, 0.2) is 5.78 Å². The fourth-order valence-electron chi connectivity index (χ4n) is 6.86. The van der Waals surface area contributed by atoms with Gasteiger partial charge < -0.3 is 19.1 Å². The number of benzene rings is 2. The molecular weight excluding hydrogens is 701 g/mol. The lowest BCUT2D eigenvalue weighted by Crippen LogP contribution is -2.47. The molecule has 0 radical (unpaired) electrons. The van der Waals surface area contributed by atoms with Crippen molar-refractivity contribution in [1.82, 2.24) is 9.97 Å². The summed E-state index contributed by atoms with van der Waals surface area (Å²) in [5.41, 5.74) is 3.40. The molecule has 284 valence electrons. The molecule has 1 amide bonds. The van der Waals surface area contributed by atoms with Crippen LogP contribution < -0.4 is 10.2 Å². The number of nitrogens with one attached hydrogen (secondary N) is 1. The molecule has 4 heterocycles. The van der Waals surface area contributed by atoms with E-state index in [-0.39, 0.29) is 50.3 Å². The number of carbonyl (C=O) groups is 3. The minimum absolute atomic E-state index is 0.00185. The second-order valence-electron chi connectivity index (χ2n) is 14.7. The first-order valence-corrected chi connectivity index (χ1v) is 17.9. The highest BCUT2D eigenvalue weighted by Crippen LogP contribution is 2.39. The van der Waals surface area contributed by atoms with Crippen LogP contribution in [0.3, 0.4) is 0 Å². The van der Waals surface area contributed by atoms with E-state index in [0.717, 1.165) is 23.1 Å². The Morgan fingerprint density at radius 3 is 2.54 bits per heavy atom. The lowest BCUT2D eigenvalue weighted by atomic mass is 9.86. The molecule has 2 aliphatic rings. The molecule has 0 aliphatic carbocycles. The summed E-state index contributed by atoms with van der Waals surface area (Å²) in [6.45, 7) is 6.00. The number of ether oxygens (including phenoxy) is 3. The van der Waals surface area contributed by atoms with Crippen LogP contribution in [0.4, 0.5) is 29.3 Å². The molecule has 0 bridgehead atoms. The van der Waals surface area contributed by atoms with E-state index in [9.17, 15) is 27.6 Å². The molecular formula is C41H43F3N4O6. The fraction of sp³-hybridized carbons (Fsp3) is 0.390. The summed E-state index contributed by atoms with van der Waals surface area (Å²) < 4.78 is 59.1. The summed E-state index contributed by atoms with van der Waals surface area (Å²) in [4.78, 5) is 50.5. The quantitative estimate of drug-likeness (QED) is 0.126. The number of esters is 1. The average Bonchev–Trinajstić information content (AvgIpc) is 3.13. The lowest BCUT2D eigenvalue weighted by molar-refractivity contribution is -0.181. The molecule has 1 N–H and O–H groups in total. The molecule has 2 aromatic heterocycles. The minimum atomic E-state index is -4.50. The third-order valence-corrected chi connectivity index (χ3v) is 9.31. The van der Waals surface area contributed by atoms with Crippen molar-refractivity contribution >= 4 is 45.7 Å². The van der Waals surface area contributed by atoms with Crippen molar-refractivity contribution < 1.29 is 41.8 Å². The van der Waals surface area contributed by atoms with E-state index < -0.39 is 41.5 Å². The first kappa shape index (κ1) is 38.4. The number of amides is 1. The standard InChI is InChI=1S/C41H43F3N4O6/c1-40(2,3)54-37(50)18-27-17-32(41(42,43)44)24-48(23-27)35-11-14-45-22-31(35)21-36(49)38-34(47-39(51)53-25-26-7-5-4-6-8-26)20-30-10-9-29(19-33(30)46-38)28-12-15-52-16-13-28/h4-12,14,19-20,22,27,32H,13,15-18,21,23-25H2,1-3H3,(H,47,51)/t27-,32-/m1/s1. The van der Waals surface area contributed by atoms with Gasteiger partial charge in [0.2, 0.25) is 0 Å². The number of pyridine rings is 2. The Hall–Kier alpha value is -5.30. The molecule has 6 rings (SSSR count). The molecule has 10 nitrogen and oxygen atoms in total. The van der Waals surface area contributed by atoms with Gasteiger partial charge in [-0.05, 0) is 74.4 Å². The number of rotatable bonds is 10. The minimum Gasteiger partial charge on any atom is -0.460 e. The van der Waals surface area contributed by atoms with Gasteiger partial charge in [0.25, 0.3) is 0 Å². The molecule has 54 heavy (non-hydrogen) atoms. The number of piperidine rings is 1. The second-order valence-corrected chi connectivity index (χ2v) is 14.7. The van der Waals surface area contributed by atoms with Crippen LogP contribution >= 0.6 is 0 Å². The van der Waals surface area contributed by atoms with Crippen molar-refractivity contribution in [1.29, 1.82) is 0 Å². The Morgan fingerprint density at radius 1 is 1.02 bits per heavy atom. The molecule has 0 saturated carbocycles. The fourth-order valence-corrected chi connectivity index (χ4v) is 6.86. The van der Waals surface area contributed by atoms with Crippen LogP contribution in [0.5, 0.6) is 0 Å². The monoisotopic (exact) mass is 744 g/mol. The van der Waals surface area contributed by atoms with Gasteiger partial charge in [-0.2, -0.15) is 13.2 Å². The first-order chi connectivity index (χ1) is 25.7. The number of ketones is 1. The highest BCUT2D eigenvalue weighted by atomic mass is 19.4. The Morgan fingerprint density at radius 2 is 1.81 bits per heavy atom. The van der Waals surface area contributed by atoms with Gasteiger partial charge >= 0.3 is 18.2 Å². The topological polar surface area (TPSA) is 120 Å². The number of anilines is 2. The average molecular weight is 745 g/mol. The number of hydrogen-bond donors (Lipinski definition) is 1. The molecule has 2 aromatic carbocycles. The molecule has 1 saturated heterocycles. The number of aromatic nitrogens is 2. The van der Waals surface area contributed by atoms with Gasteiger partial charge in [-0.15, -0.1) is 0 Å². The normalized spacial score (nSPS) is 17.8. The third-order valence-electron chi connectivity index (χ3n) is 9.31. The largest absolute Gasteiger partial charge is 0.460 e. The van der Waals surface area contributed by atoms with E-state index in [0.29, 0.717) is 35.4 Å². The number of Topliss-reactive ketones (excluding diaryl/α,β-unsaturated/α-hetero) is 1. The number of carbonyl (C=O) groups excluding carboxylic acids is 3. The predicted octanol–water partition coefficient (Wildman–Crippen LogP) is 8.34. The Bertz CT molecular complexity index is 2030. The van der Waals surface area contributed by atoms with Gasteiger partial charge in [0.05, 0.1) is 36.8 Å². The van der Waals surface area contributed by atoms with Gasteiger partial charge in [0.1, 0.15) is 17.9 Å². The summed E-state index contributed by atoms with van der Waals surface area (Å²) in [6.07, 6.45) is -0.337. The van der Waals surface area contributed by atoms with E-state index in [1.165, 1.54) is 12.4 Å². The van der Waals surface area contributed by atoms with Crippen molar-refractivity contribution in [3.05, 3.63) is 102 Å². The Kier molecular flexibility index (Phi) is 11.7. The van der Waals surface area contributed by atoms with E-state index in [1.54, 1.807) is 37.8 Å². The SMILES string of the molecule is CC(C)(C)OC(=O)C[C@H]1C[C@@H](C(F)(F)F)CN(c2ccncc2CC(=O)c2nc3cc(C4=CCOCC4)ccc3cc2NC(=O)OCc2ccccc2)C1. The van der Waals surface area contributed by atoms with Crippen LogP contribution in [0.1, 0.15) is 67.2 Å². The van der Waals surface area contributed by atoms with E-state index >= 15 is 0 Å². The smallest absolute Gasteiger partial charge is 0.412 e. The molecule has 1 fully saturated rings. The molecule has 2 atom stereocenters. The number of alkyl halides is 3. The van der Waals surface area contributed by atoms with Crippen LogP contribution in [0.25, 0.3) is 16.5 Å². The van der Waals surface area contributed by atoms with Crippen molar-refractivity contribution in [3.63, 3.8) is 0 Å². The van der Waals surface area contributed by atoms with Crippen LogP contribution in [-0.4, -0.2) is 65.9 Å². The predicted molar refractivity (Wildman–Crippen MR) is 198 cm³/mol. The van der Waals surface area contributed by atoms with Gasteiger partial charge in [0, 0.05) is 48.5 Å². The maximum Gasteiger partial charge on any atom is 0.412 e. The van der Waals surface area contributed by atoms with E-state index in [1.807, 2.05) is 54.6 Å². The first-order valence-electron chi connectivity index (χ1n) is 17.9. The molecule has 0 unspecified atom stereocenters. The van der Waals surface area contributed by atoms with Crippen molar-refractivity contribution in [2.45, 2.75) is 64.8 Å². The highest BCUT2D eigenvalue weighted by Gasteiger charge is 2.45. The Labute approximate surface area is 311 Å². The van der Waals surface area contributed by atoms with Crippen LogP contribution in [0.2, 0.25) is 0 Å². The summed E-state index contributed by atoms with van der Waals surface area (Å²) in [7, 11) is 0. The lowest BCUT2D eigenvalue weighted by Gasteiger charge is -2.40. The highest BCUT2D eigenvalue weighted by molar-refractivity contribution is 6.06. The zero-order valence-electron chi connectivity index (χ0n) is 30.4. The second kappa shape index (κ2) is 16.4. The van der Waals surface area contributed by atoms with E-state index in [2.05, 4.69) is 10.3 Å². The number of nitrogens with zero attached hydrogens (tertiary/aromatic N) is 3. The molecule has 4 aromatic rings. The van der Waals surface area contributed by atoms with Crippen molar-refractivity contribution in [3.8, 4) is 0 Å². The van der Waals surface area contributed by atoms with Gasteiger partial charge in [-0.3, -0.25) is 19.9 Å². The molecule has 13 heteroatoms. The van der Waals surface area contributed by atoms with Crippen LogP contribution in [0.15, 0.2) is 79.1 Å². The number of hydrogen-bond acceptors (Lipinski definition) is 9. The number of fused-ring (bicyclic) bond motifs is 1. The maximum atomic E-state index is 14.3. The summed E-state index contributed by atoms with van der Waals surface area (Å²) in [5, 5.41) is 3.36.